The molecule has 1 aliphatic heterocycles. The lowest BCUT2D eigenvalue weighted by atomic mass is 9.99. The average Bonchev–Trinajstić information content (AvgIpc) is 2.70. The minimum absolute atomic E-state index is 0.188. The molecule has 0 atom stereocenters. The van der Waals surface area contributed by atoms with Gasteiger partial charge in [-0.3, -0.25) is 0 Å². The molecule has 0 unspecified atom stereocenters. The zero-order valence-electron chi connectivity index (χ0n) is 13.3. The summed E-state index contributed by atoms with van der Waals surface area (Å²) in [6.45, 7) is 14.1. The molecule has 1 aromatic carbocycles. The number of rotatable bonds is 3. The minimum atomic E-state index is -1.78. The summed E-state index contributed by atoms with van der Waals surface area (Å²) >= 11 is 0. The number of benzene rings is 1. The number of hydrogen-bond donors (Lipinski definition) is 0. The van der Waals surface area contributed by atoms with E-state index in [0.29, 0.717) is 13.2 Å². The number of fused-ring (bicyclic) bond motifs is 1. The molecule has 0 bridgehead atoms. The Balaban J connectivity index is 2.23. The van der Waals surface area contributed by atoms with Gasteiger partial charge in [-0.2, -0.15) is 0 Å². The second-order valence-electron chi connectivity index (χ2n) is 7.02. The van der Waals surface area contributed by atoms with Gasteiger partial charge in [-0.1, -0.05) is 32.9 Å². The second kappa shape index (κ2) is 5.01. The van der Waals surface area contributed by atoms with E-state index in [0.717, 1.165) is 22.3 Å². The number of esters is 1. The molecule has 0 fully saturated rings. The molecular weight excluding hydrogens is 268 g/mol. The van der Waals surface area contributed by atoms with Crippen LogP contribution in [0.15, 0.2) is 12.1 Å². The van der Waals surface area contributed by atoms with Crippen molar-refractivity contribution < 1.29 is 14.0 Å². The topological polar surface area (TPSA) is 35.5 Å². The van der Waals surface area contributed by atoms with E-state index < -0.39 is 8.32 Å². The van der Waals surface area contributed by atoms with Crippen molar-refractivity contribution in [1.29, 1.82) is 0 Å². The van der Waals surface area contributed by atoms with Gasteiger partial charge in [0.2, 0.25) is 0 Å². The Morgan fingerprint density at radius 2 is 1.95 bits per heavy atom. The highest BCUT2D eigenvalue weighted by Crippen LogP contribution is 2.37. The van der Waals surface area contributed by atoms with Crippen molar-refractivity contribution in [3.05, 3.63) is 34.4 Å². The Morgan fingerprint density at radius 3 is 2.55 bits per heavy atom. The smallest absolute Gasteiger partial charge is 0.339 e. The molecule has 0 spiro atoms. The molecule has 0 amide bonds. The van der Waals surface area contributed by atoms with Crippen LogP contribution in [0.5, 0.6) is 0 Å². The number of ether oxygens (including phenoxy) is 1. The lowest BCUT2D eigenvalue weighted by Crippen LogP contribution is -2.40. The predicted molar refractivity (Wildman–Crippen MR) is 82.3 cm³/mol. The van der Waals surface area contributed by atoms with Gasteiger partial charge in [-0.05, 0) is 36.2 Å². The Labute approximate surface area is 122 Å². The van der Waals surface area contributed by atoms with E-state index >= 15 is 0 Å². The van der Waals surface area contributed by atoms with E-state index in [1.807, 2.05) is 13.0 Å². The number of carbonyl (C=O) groups is 1. The maximum absolute atomic E-state index is 11.7. The third kappa shape index (κ3) is 2.67. The van der Waals surface area contributed by atoms with E-state index in [1.165, 1.54) is 0 Å². The molecule has 1 aliphatic rings. The van der Waals surface area contributed by atoms with Crippen LogP contribution >= 0.6 is 0 Å². The van der Waals surface area contributed by atoms with E-state index in [-0.39, 0.29) is 11.0 Å². The maximum atomic E-state index is 11.7. The number of aryl methyl sites for hydroxylation is 1. The van der Waals surface area contributed by atoms with Crippen molar-refractivity contribution in [3.8, 4) is 0 Å². The summed E-state index contributed by atoms with van der Waals surface area (Å²) < 4.78 is 11.4. The van der Waals surface area contributed by atoms with Crippen LogP contribution in [-0.4, -0.2) is 14.3 Å². The van der Waals surface area contributed by atoms with Gasteiger partial charge in [0.25, 0.3) is 0 Å². The first-order valence-electron chi connectivity index (χ1n) is 7.06. The predicted octanol–water partition coefficient (Wildman–Crippen LogP) is 4.19. The van der Waals surface area contributed by atoms with Crippen LogP contribution in [0.3, 0.4) is 0 Å². The fourth-order valence-corrected chi connectivity index (χ4v) is 3.03. The average molecular weight is 292 g/mol. The Bertz CT molecular complexity index is 541. The molecule has 1 aromatic rings. The third-order valence-electron chi connectivity index (χ3n) is 4.56. The van der Waals surface area contributed by atoms with Gasteiger partial charge in [-0.25, -0.2) is 4.79 Å². The molecule has 2 rings (SSSR count). The number of carbonyl (C=O) groups excluding carboxylic acids is 1. The zero-order valence-corrected chi connectivity index (χ0v) is 14.3. The Morgan fingerprint density at radius 1 is 1.30 bits per heavy atom. The van der Waals surface area contributed by atoms with Crippen LogP contribution in [0.4, 0.5) is 0 Å². The third-order valence-corrected chi connectivity index (χ3v) is 9.04. The second-order valence-corrected chi connectivity index (χ2v) is 11.8. The van der Waals surface area contributed by atoms with Crippen LogP contribution in [-0.2, 0) is 22.4 Å². The molecule has 1 heterocycles. The summed E-state index contributed by atoms with van der Waals surface area (Å²) in [6.07, 6.45) is 0. The lowest BCUT2D eigenvalue weighted by molar-refractivity contribution is 0.0533. The monoisotopic (exact) mass is 292 g/mol. The highest BCUT2D eigenvalue weighted by atomic mass is 28.4. The molecule has 0 saturated carbocycles. The first-order valence-corrected chi connectivity index (χ1v) is 9.97. The van der Waals surface area contributed by atoms with Gasteiger partial charge in [0, 0.05) is 5.56 Å². The van der Waals surface area contributed by atoms with E-state index in [9.17, 15) is 4.79 Å². The van der Waals surface area contributed by atoms with Gasteiger partial charge in [0.15, 0.2) is 8.32 Å². The highest BCUT2D eigenvalue weighted by Gasteiger charge is 2.37. The standard InChI is InChI=1S/C16H24O3Si/c1-11-7-8-12(13-10-18-15(17)14(11)13)9-19-20(5,6)16(2,3)4/h7-8H,9-10H2,1-6H3. The summed E-state index contributed by atoms with van der Waals surface area (Å²) in [7, 11) is -1.78. The van der Waals surface area contributed by atoms with Gasteiger partial charge in [-0.15, -0.1) is 0 Å². The largest absolute Gasteiger partial charge is 0.457 e. The van der Waals surface area contributed by atoms with Crippen LogP contribution in [0.1, 0.15) is 47.8 Å². The maximum Gasteiger partial charge on any atom is 0.339 e. The lowest BCUT2D eigenvalue weighted by Gasteiger charge is -2.36. The molecule has 0 radical (unpaired) electrons. The molecule has 0 aromatic heterocycles. The van der Waals surface area contributed by atoms with E-state index in [2.05, 4.69) is 39.9 Å². The highest BCUT2D eigenvalue weighted by molar-refractivity contribution is 6.74. The quantitative estimate of drug-likeness (QED) is 0.619. The van der Waals surface area contributed by atoms with Crippen molar-refractivity contribution in [2.24, 2.45) is 0 Å². The molecule has 4 heteroatoms. The van der Waals surface area contributed by atoms with Crippen molar-refractivity contribution in [2.75, 3.05) is 0 Å². The molecule has 0 aliphatic carbocycles. The van der Waals surface area contributed by atoms with Crippen molar-refractivity contribution in [1.82, 2.24) is 0 Å². The van der Waals surface area contributed by atoms with Crippen molar-refractivity contribution in [3.63, 3.8) is 0 Å². The van der Waals surface area contributed by atoms with E-state index in [4.69, 9.17) is 9.16 Å². The normalized spacial score (nSPS) is 15.2. The summed E-state index contributed by atoms with van der Waals surface area (Å²) in [4.78, 5) is 11.7. The van der Waals surface area contributed by atoms with Crippen LogP contribution in [0, 0.1) is 6.92 Å². The van der Waals surface area contributed by atoms with Crippen molar-refractivity contribution in [2.45, 2.75) is 59.0 Å². The Hall–Kier alpha value is -1.13. The first-order chi connectivity index (χ1) is 9.13. The zero-order chi connectivity index (χ0) is 15.1. The van der Waals surface area contributed by atoms with Crippen LogP contribution < -0.4 is 0 Å². The fraction of sp³-hybridized carbons (Fsp3) is 0.562. The minimum Gasteiger partial charge on any atom is -0.457 e. The molecule has 0 saturated heterocycles. The van der Waals surface area contributed by atoms with Crippen molar-refractivity contribution >= 4 is 14.3 Å². The summed E-state index contributed by atoms with van der Waals surface area (Å²) in [6, 6.07) is 4.04. The Kier molecular flexibility index (Phi) is 3.82. The molecule has 0 N–H and O–H groups in total. The SMILES string of the molecule is Cc1ccc(CO[Si](C)(C)C(C)(C)C)c2c1C(=O)OC2. The van der Waals surface area contributed by atoms with Crippen LogP contribution in [0.25, 0.3) is 0 Å². The summed E-state index contributed by atoms with van der Waals surface area (Å²) in [5.41, 5.74) is 3.81. The molecular formula is C16H24O3Si. The van der Waals surface area contributed by atoms with Gasteiger partial charge >= 0.3 is 5.97 Å². The van der Waals surface area contributed by atoms with Crippen LogP contribution in [0.2, 0.25) is 18.1 Å². The fourth-order valence-electron chi connectivity index (χ4n) is 2.08. The summed E-state index contributed by atoms with van der Waals surface area (Å²) in [5, 5.41) is 0.188. The molecule has 20 heavy (non-hydrogen) atoms. The van der Waals surface area contributed by atoms with Gasteiger partial charge in [0.1, 0.15) is 6.61 Å². The number of cyclic esters (lactones) is 1. The van der Waals surface area contributed by atoms with Gasteiger partial charge < -0.3 is 9.16 Å². The van der Waals surface area contributed by atoms with E-state index in [1.54, 1.807) is 0 Å². The molecule has 110 valence electrons. The summed E-state index contributed by atoms with van der Waals surface area (Å²) in [5.74, 6) is -0.202. The molecule has 3 nitrogen and oxygen atoms in total. The number of hydrogen-bond acceptors (Lipinski definition) is 3. The van der Waals surface area contributed by atoms with Gasteiger partial charge in [0.05, 0.1) is 12.2 Å². The first kappa shape index (κ1) is 15.3.